The van der Waals surface area contributed by atoms with Crippen LogP contribution < -0.4 is 15.4 Å². The van der Waals surface area contributed by atoms with Crippen molar-refractivity contribution in [1.29, 1.82) is 0 Å². The van der Waals surface area contributed by atoms with Crippen LogP contribution in [0.5, 0.6) is 5.88 Å². The zero-order chi connectivity index (χ0) is 22.7. The highest BCUT2D eigenvalue weighted by Gasteiger charge is 2.34. The molecule has 4 rings (SSSR count). The monoisotopic (exact) mass is 447 g/mol. The molecular weight excluding hydrogens is 423 g/mol. The molecule has 0 radical (unpaired) electrons. The average Bonchev–Trinajstić information content (AvgIpc) is 3.22. The van der Waals surface area contributed by atoms with Crippen LogP contribution in [0.3, 0.4) is 0 Å². The van der Waals surface area contributed by atoms with Crippen LogP contribution in [0.4, 0.5) is 19.0 Å². The lowest BCUT2D eigenvalue weighted by Crippen LogP contribution is -2.40. The van der Waals surface area contributed by atoms with Gasteiger partial charge in [-0.05, 0) is 50.8 Å². The van der Waals surface area contributed by atoms with Gasteiger partial charge < -0.3 is 15.4 Å². The number of carbonyl (C=O) groups excluding carboxylic acids is 1. The lowest BCUT2D eigenvalue weighted by Gasteiger charge is -2.30. The van der Waals surface area contributed by atoms with Crippen molar-refractivity contribution in [3.8, 4) is 5.88 Å². The van der Waals surface area contributed by atoms with Crippen LogP contribution in [0, 0.1) is 0 Å². The number of ether oxygens (including phenoxy) is 1. The van der Waals surface area contributed by atoms with Crippen molar-refractivity contribution in [2.24, 2.45) is 0 Å². The Hall–Kier alpha value is -3.30. The zero-order valence-electron chi connectivity index (χ0n) is 17.5. The zero-order valence-corrected chi connectivity index (χ0v) is 17.5. The number of rotatable bonds is 6. The Labute approximate surface area is 183 Å². The quantitative estimate of drug-likeness (QED) is 0.589. The SMILES string of the molecule is CCOc1cc(C(=O)NC2CCC(Nc3cccc4nc(C(F)(F)F)cn34)CC2)ccn1. The third-order valence-electron chi connectivity index (χ3n) is 5.49. The normalized spacial score (nSPS) is 19.0. The first-order chi connectivity index (χ1) is 15.3. The molecule has 7 nitrogen and oxygen atoms in total. The van der Waals surface area contributed by atoms with Gasteiger partial charge in [0, 0.05) is 36.1 Å². The molecule has 3 aromatic rings. The topological polar surface area (TPSA) is 80.5 Å². The number of anilines is 1. The largest absolute Gasteiger partial charge is 0.478 e. The van der Waals surface area contributed by atoms with Crippen LogP contribution in [-0.2, 0) is 6.18 Å². The highest BCUT2D eigenvalue weighted by molar-refractivity contribution is 5.94. The molecule has 0 unspecified atom stereocenters. The van der Waals surface area contributed by atoms with Gasteiger partial charge >= 0.3 is 6.18 Å². The molecule has 10 heteroatoms. The molecular formula is C22H24F3N5O2. The maximum absolute atomic E-state index is 13.0. The molecule has 0 saturated heterocycles. The van der Waals surface area contributed by atoms with E-state index in [1.807, 2.05) is 6.92 Å². The number of imidazole rings is 1. The van der Waals surface area contributed by atoms with E-state index in [-0.39, 0.29) is 23.6 Å². The van der Waals surface area contributed by atoms with Gasteiger partial charge in [-0.15, -0.1) is 0 Å². The van der Waals surface area contributed by atoms with E-state index in [2.05, 4.69) is 20.6 Å². The van der Waals surface area contributed by atoms with E-state index in [9.17, 15) is 18.0 Å². The van der Waals surface area contributed by atoms with E-state index in [0.29, 0.717) is 23.9 Å². The molecule has 0 bridgehead atoms. The van der Waals surface area contributed by atoms with Gasteiger partial charge in [0.2, 0.25) is 5.88 Å². The average molecular weight is 447 g/mol. The van der Waals surface area contributed by atoms with E-state index in [1.165, 1.54) is 4.40 Å². The van der Waals surface area contributed by atoms with E-state index in [1.54, 1.807) is 36.5 Å². The number of alkyl halides is 3. The summed E-state index contributed by atoms with van der Waals surface area (Å²) in [4.78, 5) is 20.3. The standard InChI is InChI=1S/C22H24F3N5O2/c1-2-32-20-12-14(10-11-26-20)21(31)28-16-8-6-15(7-9-16)27-18-4-3-5-19-29-17(13-30(18)19)22(23,24)25/h3-5,10-13,15-16,27H,2,6-9H2,1H3,(H,28,31). The highest BCUT2D eigenvalue weighted by Crippen LogP contribution is 2.30. The number of aromatic nitrogens is 3. The predicted molar refractivity (Wildman–Crippen MR) is 113 cm³/mol. The van der Waals surface area contributed by atoms with Crippen LogP contribution >= 0.6 is 0 Å². The smallest absolute Gasteiger partial charge is 0.434 e. The summed E-state index contributed by atoms with van der Waals surface area (Å²) in [6, 6.07) is 8.35. The second-order valence-corrected chi connectivity index (χ2v) is 7.75. The number of hydrogen-bond donors (Lipinski definition) is 2. The number of fused-ring (bicyclic) bond motifs is 1. The number of nitrogens with zero attached hydrogens (tertiary/aromatic N) is 3. The molecule has 0 atom stereocenters. The van der Waals surface area contributed by atoms with Crippen LogP contribution in [0.25, 0.3) is 5.65 Å². The molecule has 1 fully saturated rings. The fourth-order valence-corrected chi connectivity index (χ4v) is 3.90. The van der Waals surface area contributed by atoms with Crippen LogP contribution in [0.15, 0.2) is 42.7 Å². The number of pyridine rings is 2. The minimum atomic E-state index is -4.49. The Bertz CT molecular complexity index is 1090. The number of hydrogen-bond acceptors (Lipinski definition) is 5. The molecule has 0 aromatic carbocycles. The molecule has 1 aliphatic carbocycles. The van der Waals surface area contributed by atoms with E-state index < -0.39 is 11.9 Å². The first-order valence-electron chi connectivity index (χ1n) is 10.5. The Morgan fingerprint density at radius 3 is 2.66 bits per heavy atom. The van der Waals surface area contributed by atoms with Crippen LogP contribution in [0.1, 0.15) is 48.7 Å². The Morgan fingerprint density at radius 2 is 1.94 bits per heavy atom. The molecule has 0 aliphatic heterocycles. The van der Waals surface area contributed by atoms with E-state index in [4.69, 9.17) is 4.74 Å². The van der Waals surface area contributed by atoms with Gasteiger partial charge in [0.1, 0.15) is 11.5 Å². The van der Waals surface area contributed by atoms with E-state index in [0.717, 1.165) is 31.9 Å². The van der Waals surface area contributed by atoms with Crippen LogP contribution in [0.2, 0.25) is 0 Å². The van der Waals surface area contributed by atoms with Gasteiger partial charge in [0.25, 0.3) is 5.91 Å². The number of nitrogens with one attached hydrogen (secondary N) is 2. The Morgan fingerprint density at radius 1 is 1.19 bits per heavy atom. The third-order valence-corrected chi connectivity index (χ3v) is 5.49. The van der Waals surface area contributed by atoms with Crippen molar-refractivity contribution >= 4 is 17.4 Å². The number of amides is 1. The summed E-state index contributed by atoms with van der Waals surface area (Å²) in [7, 11) is 0. The summed E-state index contributed by atoms with van der Waals surface area (Å²) in [5, 5.41) is 6.38. The molecule has 2 N–H and O–H groups in total. The van der Waals surface area contributed by atoms with Crippen molar-refractivity contribution in [1.82, 2.24) is 19.7 Å². The Kier molecular flexibility index (Phi) is 6.20. The van der Waals surface area contributed by atoms with E-state index >= 15 is 0 Å². The number of halogens is 3. The fourth-order valence-electron chi connectivity index (χ4n) is 3.90. The lowest BCUT2D eigenvalue weighted by molar-refractivity contribution is -0.140. The Balaban J connectivity index is 1.35. The lowest BCUT2D eigenvalue weighted by atomic mass is 9.91. The second-order valence-electron chi connectivity index (χ2n) is 7.75. The summed E-state index contributed by atoms with van der Waals surface area (Å²) in [6.07, 6.45) is 1.15. The highest BCUT2D eigenvalue weighted by atomic mass is 19.4. The summed E-state index contributed by atoms with van der Waals surface area (Å²) in [5.41, 5.74) is -0.176. The molecule has 1 amide bonds. The van der Waals surface area contributed by atoms with Gasteiger partial charge in [-0.3, -0.25) is 9.20 Å². The van der Waals surface area contributed by atoms with Crippen molar-refractivity contribution in [3.63, 3.8) is 0 Å². The van der Waals surface area contributed by atoms with Gasteiger partial charge in [0.05, 0.1) is 6.61 Å². The van der Waals surface area contributed by atoms with Gasteiger partial charge in [-0.2, -0.15) is 13.2 Å². The molecule has 3 heterocycles. The molecule has 170 valence electrons. The summed E-state index contributed by atoms with van der Waals surface area (Å²) >= 11 is 0. The van der Waals surface area contributed by atoms with Gasteiger partial charge in [-0.25, -0.2) is 9.97 Å². The first kappa shape index (κ1) is 21.9. The van der Waals surface area contributed by atoms with Gasteiger partial charge in [-0.1, -0.05) is 6.07 Å². The van der Waals surface area contributed by atoms with Crippen molar-refractivity contribution in [2.45, 2.75) is 50.9 Å². The van der Waals surface area contributed by atoms with Crippen molar-refractivity contribution < 1.29 is 22.7 Å². The summed E-state index contributed by atoms with van der Waals surface area (Å²) < 4.78 is 45.8. The third kappa shape index (κ3) is 4.95. The summed E-state index contributed by atoms with van der Waals surface area (Å²) in [5.74, 6) is 0.807. The predicted octanol–water partition coefficient (Wildman–Crippen LogP) is 4.30. The molecule has 1 saturated carbocycles. The van der Waals surface area contributed by atoms with Crippen molar-refractivity contribution in [3.05, 3.63) is 54.0 Å². The summed E-state index contributed by atoms with van der Waals surface area (Å²) in [6.45, 7) is 2.32. The number of carbonyl (C=O) groups is 1. The first-order valence-corrected chi connectivity index (χ1v) is 10.5. The maximum Gasteiger partial charge on any atom is 0.434 e. The molecule has 0 spiro atoms. The fraction of sp³-hybridized carbons (Fsp3) is 0.409. The molecule has 3 aromatic heterocycles. The van der Waals surface area contributed by atoms with Crippen LogP contribution in [-0.4, -0.2) is 39.0 Å². The maximum atomic E-state index is 13.0. The minimum absolute atomic E-state index is 0.0325. The molecule has 1 aliphatic rings. The minimum Gasteiger partial charge on any atom is -0.478 e. The van der Waals surface area contributed by atoms with Gasteiger partial charge in [0.15, 0.2) is 5.69 Å². The van der Waals surface area contributed by atoms with Crippen molar-refractivity contribution in [2.75, 3.05) is 11.9 Å². The molecule has 32 heavy (non-hydrogen) atoms. The second kappa shape index (κ2) is 9.05.